The maximum Gasteiger partial charge on any atom is 0.309 e. The molecule has 0 saturated heterocycles. The zero-order valence-electron chi connectivity index (χ0n) is 9.98. The zero-order valence-corrected chi connectivity index (χ0v) is 9.98. The molecule has 0 aromatic heterocycles. The molecule has 3 heteroatoms. The van der Waals surface area contributed by atoms with Crippen molar-refractivity contribution in [2.24, 2.45) is 29.6 Å². The molecule has 0 N–H and O–H groups in total. The van der Waals surface area contributed by atoms with Crippen molar-refractivity contribution in [1.82, 2.24) is 0 Å². The minimum absolute atomic E-state index is 0.0681. The second kappa shape index (κ2) is 4.45. The molecule has 0 heterocycles. The van der Waals surface area contributed by atoms with Crippen LogP contribution in [-0.2, 0) is 9.53 Å². The Morgan fingerprint density at radius 2 is 2.12 bits per heavy atom. The molecule has 0 radical (unpaired) electrons. The van der Waals surface area contributed by atoms with E-state index < -0.39 is 0 Å². The minimum atomic E-state index is -0.0681. The van der Waals surface area contributed by atoms with E-state index in [1.807, 2.05) is 6.07 Å². The topological polar surface area (TPSA) is 50.1 Å². The molecule has 5 atom stereocenters. The van der Waals surface area contributed by atoms with Crippen LogP contribution in [-0.4, -0.2) is 12.6 Å². The molecule has 2 fully saturated rings. The molecule has 0 aromatic rings. The lowest BCUT2D eigenvalue weighted by atomic mass is 9.76. The number of fused-ring (bicyclic) bond motifs is 2. The van der Waals surface area contributed by atoms with Gasteiger partial charge in [-0.15, -0.1) is 0 Å². The van der Waals surface area contributed by atoms with Gasteiger partial charge in [0.1, 0.15) is 6.61 Å². The highest BCUT2D eigenvalue weighted by atomic mass is 16.5. The van der Waals surface area contributed by atoms with Crippen molar-refractivity contribution >= 4 is 5.97 Å². The van der Waals surface area contributed by atoms with Crippen LogP contribution in [0.15, 0.2) is 0 Å². The number of esters is 1. The van der Waals surface area contributed by atoms with Gasteiger partial charge in [-0.05, 0) is 36.5 Å². The molecule has 2 saturated carbocycles. The fourth-order valence-corrected chi connectivity index (χ4v) is 3.52. The minimum Gasteiger partial charge on any atom is -0.464 e. The van der Waals surface area contributed by atoms with Gasteiger partial charge in [0.25, 0.3) is 0 Å². The maximum atomic E-state index is 11.8. The zero-order chi connectivity index (χ0) is 11.7. The van der Waals surface area contributed by atoms with Crippen molar-refractivity contribution in [2.75, 3.05) is 6.61 Å². The molecule has 0 spiro atoms. The summed E-state index contributed by atoms with van der Waals surface area (Å²) in [5.74, 6) is 2.68. The Morgan fingerprint density at radius 1 is 1.38 bits per heavy atom. The summed E-state index contributed by atoms with van der Waals surface area (Å²) in [6, 6.07) is 1.99. The summed E-state index contributed by atoms with van der Waals surface area (Å²) in [4.78, 5) is 11.8. The Balaban J connectivity index is 1.89. The summed E-state index contributed by atoms with van der Waals surface area (Å²) in [5.41, 5.74) is 0. The first kappa shape index (κ1) is 11.4. The standard InChI is InChI=1S/C13H19NO2/c1-8-9(2)11-6-10(8)7-12(11)13(15)16-5-3-4-14/h8-12H,3,5-7H2,1-2H3. The third-order valence-corrected chi connectivity index (χ3v) is 4.66. The van der Waals surface area contributed by atoms with Crippen LogP contribution in [0.25, 0.3) is 0 Å². The van der Waals surface area contributed by atoms with E-state index in [2.05, 4.69) is 13.8 Å². The predicted octanol–water partition coefficient (Wildman–Crippen LogP) is 2.37. The lowest BCUT2D eigenvalue weighted by Gasteiger charge is -2.30. The highest BCUT2D eigenvalue weighted by molar-refractivity contribution is 5.73. The summed E-state index contributed by atoms with van der Waals surface area (Å²) >= 11 is 0. The van der Waals surface area contributed by atoms with Crippen molar-refractivity contribution in [2.45, 2.75) is 33.1 Å². The Bertz CT molecular complexity index is 318. The van der Waals surface area contributed by atoms with E-state index in [9.17, 15) is 4.79 Å². The number of carbonyl (C=O) groups is 1. The van der Waals surface area contributed by atoms with Gasteiger partial charge in [0.05, 0.1) is 18.4 Å². The van der Waals surface area contributed by atoms with Crippen LogP contribution in [0.5, 0.6) is 0 Å². The number of nitriles is 1. The first-order valence-corrected chi connectivity index (χ1v) is 6.18. The smallest absolute Gasteiger partial charge is 0.309 e. The lowest BCUT2D eigenvalue weighted by molar-refractivity contribution is -0.151. The number of hydrogen-bond donors (Lipinski definition) is 0. The quantitative estimate of drug-likeness (QED) is 0.543. The summed E-state index contributed by atoms with van der Waals surface area (Å²) in [7, 11) is 0. The van der Waals surface area contributed by atoms with Crippen LogP contribution < -0.4 is 0 Å². The average molecular weight is 221 g/mol. The second-order valence-electron chi connectivity index (χ2n) is 5.30. The highest BCUT2D eigenvalue weighted by Crippen LogP contribution is 2.55. The molecule has 16 heavy (non-hydrogen) atoms. The van der Waals surface area contributed by atoms with E-state index in [1.165, 1.54) is 6.42 Å². The summed E-state index contributed by atoms with van der Waals surface area (Å²) < 4.78 is 5.14. The molecule has 2 aliphatic carbocycles. The number of carbonyl (C=O) groups excluding carboxylic acids is 1. The van der Waals surface area contributed by atoms with Gasteiger partial charge in [0, 0.05) is 0 Å². The maximum absolute atomic E-state index is 11.8. The molecule has 0 aromatic carbocycles. The van der Waals surface area contributed by atoms with E-state index >= 15 is 0 Å². The van der Waals surface area contributed by atoms with Gasteiger partial charge in [-0.2, -0.15) is 5.26 Å². The largest absolute Gasteiger partial charge is 0.464 e. The predicted molar refractivity (Wildman–Crippen MR) is 59.2 cm³/mol. The Hall–Kier alpha value is -1.04. The second-order valence-corrected chi connectivity index (χ2v) is 5.30. The molecule has 2 bridgehead atoms. The number of nitrogens with zero attached hydrogens (tertiary/aromatic N) is 1. The molecule has 2 aliphatic rings. The molecule has 88 valence electrons. The molecular weight excluding hydrogens is 202 g/mol. The van der Waals surface area contributed by atoms with Crippen LogP contribution >= 0.6 is 0 Å². The summed E-state index contributed by atoms with van der Waals surface area (Å²) in [6.45, 7) is 4.81. The molecule has 5 unspecified atom stereocenters. The van der Waals surface area contributed by atoms with Gasteiger partial charge in [0.15, 0.2) is 0 Å². The lowest BCUT2D eigenvalue weighted by Crippen LogP contribution is -2.31. The number of ether oxygens (including phenoxy) is 1. The van der Waals surface area contributed by atoms with Crippen LogP contribution in [0.4, 0.5) is 0 Å². The third-order valence-electron chi connectivity index (χ3n) is 4.66. The molecular formula is C13H19NO2. The first-order valence-electron chi connectivity index (χ1n) is 6.18. The van der Waals surface area contributed by atoms with E-state index in [1.54, 1.807) is 0 Å². The van der Waals surface area contributed by atoms with Crippen LogP contribution in [0.2, 0.25) is 0 Å². The average Bonchev–Trinajstić information content (AvgIpc) is 2.80. The van der Waals surface area contributed by atoms with Crippen molar-refractivity contribution in [1.29, 1.82) is 5.26 Å². The van der Waals surface area contributed by atoms with Crippen LogP contribution in [0.1, 0.15) is 33.1 Å². The summed E-state index contributed by atoms with van der Waals surface area (Å²) in [5, 5.41) is 8.39. The van der Waals surface area contributed by atoms with Crippen LogP contribution in [0.3, 0.4) is 0 Å². The van der Waals surface area contributed by atoms with Crippen molar-refractivity contribution in [3.63, 3.8) is 0 Å². The normalized spacial score (nSPS) is 40.7. The van der Waals surface area contributed by atoms with Crippen LogP contribution in [0, 0.1) is 40.9 Å². The molecule has 0 aliphatic heterocycles. The van der Waals surface area contributed by atoms with Crippen molar-refractivity contribution in [3.05, 3.63) is 0 Å². The first-order chi connectivity index (χ1) is 7.65. The fourth-order valence-electron chi connectivity index (χ4n) is 3.52. The fraction of sp³-hybridized carbons (Fsp3) is 0.846. The van der Waals surface area contributed by atoms with Gasteiger partial charge in [-0.3, -0.25) is 4.79 Å². The molecule has 0 amide bonds. The van der Waals surface area contributed by atoms with Gasteiger partial charge < -0.3 is 4.74 Å². The third kappa shape index (κ3) is 1.81. The van der Waals surface area contributed by atoms with Gasteiger partial charge >= 0.3 is 5.97 Å². The van der Waals surface area contributed by atoms with Gasteiger partial charge in [-0.1, -0.05) is 13.8 Å². The van der Waals surface area contributed by atoms with E-state index in [-0.39, 0.29) is 18.5 Å². The number of hydrogen-bond acceptors (Lipinski definition) is 3. The van der Waals surface area contributed by atoms with E-state index in [0.29, 0.717) is 24.2 Å². The van der Waals surface area contributed by atoms with E-state index in [4.69, 9.17) is 10.00 Å². The summed E-state index contributed by atoms with van der Waals surface area (Å²) in [6.07, 6.45) is 2.50. The molecule has 3 nitrogen and oxygen atoms in total. The van der Waals surface area contributed by atoms with Crippen molar-refractivity contribution in [3.8, 4) is 6.07 Å². The highest BCUT2D eigenvalue weighted by Gasteiger charge is 2.51. The van der Waals surface area contributed by atoms with E-state index in [0.717, 1.165) is 12.3 Å². The van der Waals surface area contributed by atoms with Crippen molar-refractivity contribution < 1.29 is 9.53 Å². The number of rotatable bonds is 3. The SMILES string of the molecule is CC1C2CC(C(=O)OCCC#N)C(C2)C1C. The Kier molecular flexibility index (Phi) is 3.18. The Morgan fingerprint density at radius 3 is 2.69 bits per heavy atom. The van der Waals surface area contributed by atoms with Gasteiger partial charge in [0.2, 0.25) is 0 Å². The monoisotopic (exact) mass is 221 g/mol. The molecule has 2 rings (SSSR count). The Labute approximate surface area is 96.8 Å². The van der Waals surface area contributed by atoms with Gasteiger partial charge in [-0.25, -0.2) is 0 Å².